The quantitative estimate of drug-likeness (QED) is 0.522. The van der Waals surface area contributed by atoms with Crippen LogP contribution >= 0.6 is 0 Å². The van der Waals surface area contributed by atoms with Gasteiger partial charge >= 0.3 is 0 Å². The summed E-state index contributed by atoms with van der Waals surface area (Å²) in [5.41, 5.74) is 0.653. The zero-order valence-corrected chi connectivity index (χ0v) is 14.0. The van der Waals surface area contributed by atoms with Gasteiger partial charge in [0.15, 0.2) is 5.82 Å². The number of rotatable bonds is 6. The minimum absolute atomic E-state index is 0.415. The van der Waals surface area contributed by atoms with E-state index in [1.807, 2.05) is 36.4 Å². The van der Waals surface area contributed by atoms with Crippen molar-refractivity contribution < 1.29 is 13.8 Å². The van der Waals surface area contributed by atoms with Crippen molar-refractivity contribution in [3.63, 3.8) is 0 Å². The van der Waals surface area contributed by atoms with Crippen molar-refractivity contribution >= 4 is 0 Å². The van der Waals surface area contributed by atoms with Crippen LogP contribution in [-0.4, -0.2) is 25.3 Å². The van der Waals surface area contributed by atoms with Crippen LogP contribution in [0.1, 0.15) is 17.6 Å². The van der Waals surface area contributed by atoms with Gasteiger partial charge in [-0.15, -0.1) is 0 Å². The molecule has 0 saturated heterocycles. The Bertz CT molecular complexity index is 997. The van der Waals surface area contributed by atoms with Gasteiger partial charge in [0, 0.05) is 19.0 Å². The summed E-state index contributed by atoms with van der Waals surface area (Å²) >= 11 is 0. The van der Waals surface area contributed by atoms with Crippen LogP contribution in [0.5, 0.6) is 11.6 Å². The van der Waals surface area contributed by atoms with Gasteiger partial charge in [0.25, 0.3) is 0 Å². The molecule has 0 bridgehead atoms. The zero-order chi connectivity index (χ0) is 17.8. The molecular formula is C18H15N5O3. The molecule has 3 aromatic heterocycles. The molecule has 0 atom stereocenters. The molecule has 8 heteroatoms. The van der Waals surface area contributed by atoms with Gasteiger partial charge in [-0.05, 0) is 31.2 Å². The lowest BCUT2D eigenvalue weighted by atomic mass is 10.2. The highest BCUT2D eigenvalue weighted by atomic mass is 16.5. The van der Waals surface area contributed by atoms with E-state index in [1.165, 1.54) is 0 Å². The SMILES string of the molecule is Cc1noc(CCc2nc(-c3cccnc3Oc3ccccc3)no2)n1. The second-order valence-electron chi connectivity index (χ2n) is 5.52. The highest BCUT2D eigenvalue weighted by Gasteiger charge is 2.16. The molecule has 0 radical (unpaired) electrons. The molecule has 1 aromatic carbocycles. The van der Waals surface area contributed by atoms with E-state index in [4.69, 9.17) is 13.8 Å². The summed E-state index contributed by atoms with van der Waals surface area (Å²) in [6.45, 7) is 1.77. The zero-order valence-electron chi connectivity index (χ0n) is 14.0. The van der Waals surface area contributed by atoms with Gasteiger partial charge in [0.1, 0.15) is 5.75 Å². The van der Waals surface area contributed by atoms with E-state index in [9.17, 15) is 0 Å². The Morgan fingerprint density at radius 2 is 1.65 bits per heavy atom. The minimum atomic E-state index is 0.415. The number of pyridine rings is 1. The molecule has 8 nitrogen and oxygen atoms in total. The average molecular weight is 349 g/mol. The van der Waals surface area contributed by atoms with E-state index >= 15 is 0 Å². The fourth-order valence-corrected chi connectivity index (χ4v) is 2.36. The molecule has 0 N–H and O–H groups in total. The van der Waals surface area contributed by atoms with Gasteiger partial charge in [-0.2, -0.15) is 9.97 Å². The van der Waals surface area contributed by atoms with Crippen LogP contribution in [0.2, 0.25) is 0 Å². The third-order valence-electron chi connectivity index (χ3n) is 3.56. The van der Waals surface area contributed by atoms with Crippen molar-refractivity contribution in [3.8, 4) is 23.0 Å². The lowest BCUT2D eigenvalue weighted by Crippen LogP contribution is -1.94. The topological polar surface area (TPSA) is 100.0 Å². The molecule has 0 amide bonds. The largest absolute Gasteiger partial charge is 0.438 e. The Labute approximate surface area is 148 Å². The second kappa shape index (κ2) is 7.14. The van der Waals surface area contributed by atoms with Gasteiger partial charge in [-0.25, -0.2) is 4.98 Å². The first kappa shape index (κ1) is 15.9. The Balaban J connectivity index is 1.52. The molecule has 130 valence electrons. The maximum absolute atomic E-state index is 5.84. The lowest BCUT2D eigenvalue weighted by molar-refractivity contribution is 0.352. The molecule has 0 spiro atoms. The molecule has 3 heterocycles. The Hall–Kier alpha value is -3.55. The number of hydrogen-bond acceptors (Lipinski definition) is 8. The van der Waals surface area contributed by atoms with Gasteiger partial charge < -0.3 is 13.8 Å². The van der Waals surface area contributed by atoms with Crippen LogP contribution < -0.4 is 4.74 Å². The smallest absolute Gasteiger partial charge is 0.230 e. The van der Waals surface area contributed by atoms with Crippen molar-refractivity contribution in [2.75, 3.05) is 0 Å². The maximum Gasteiger partial charge on any atom is 0.230 e. The summed E-state index contributed by atoms with van der Waals surface area (Å²) in [5, 5.41) is 7.79. The normalized spacial score (nSPS) is 10.8. The maximum atomic E-state index is 5.84. The third kappa shape index (κ3) is 3.59. The van der Waals surface area contributed by atoms with Crippen molar-refractivity contribution in [1.82, 2.24) is 25.3 Å². The van der Waals surface area contributed by atoms with E-state index in [0.29, 0.717) is 53.5 Å². The van der Waals surface area contributed by atoms with E-state index < -0.39 is 0 Å². The van der Waals surface area contributed by atoms with Gasteiger partial charge in [0.05, 0.1) is 5.56 Å². The van der Waals surface area contributed by atoms with Crippen molar-refractivity contribution in [2.24, 2.45) is 0 Å². The highest BCUT2D eigenvalue weighted by molar-refractivity contribution is 5.61. The van der Waals surface area contributed by atoms with E-state index in [-0.39, 0.29) is 0 Å². The van der Waals surface area contributed by atoms with Crippen molar-refractivity contribution in [1.29, 1.82) is 0 Å². The molecule has 0 saturated carbocycles. The van der Waals surface area contributed by atoms with E-state index in [1.54, 1.807) is 19.2 Å². The molecule has 0 fully saturated rings. The summed E-state index contributed by atoms with van der Waals surface area (Å²) in [4.78, 5) is 12.8. The first-order valence-electron chi connectivity index (χ1n) is 8.08. The van der Waals surface area contributed by atoms with Crippen LogP contribution in [0.3, 0.4) is 0 Å². The monoisotopic (exact) mass is 349 g/mol. The minimum Gasteiger partial charge on any atom is -0.438 e. The number of aryl methyl sites for hydroxylation is 3. The molecular weight excluding hydrogens is 334 g/mol. The molecule has 4 rings (SSSR count). The molecule has 4 aromatic rings. The van der Waals surface area contributed by atoms with Gasteiger partial charge in [-0.3, -0.25) is 0 Å². The van der Waals surface area contributed by atoms with Crippen LogP contribution in [0.15, 0.2) is 57.7 Å². The summed E-state index contributed by atoms with van der Waals surface area (Å²) < 4.78 is 16.2. The van der Waals surface area contributed by atoms with Crippen LogP contribution in [0.4, 0.5) is 0 Å². The molecule has 0 unspecified atom stereocenters. The Kier molecular flexibility index (Phi) is 4.38. The van der Waals surface area contributed by atoms with E-state index in [2.05, 4.69) is 25.3 Å². The average Bonchev–Trinajstić information content (AvgIpc) is 3.30. The molecule has 0 aliphatic heterocycles. The molecule has 0 aliphatic rings. The number of para-hydroxylation sites is 1. The molecule has 26 heavy (non-hydrogen) atoms. The Morgan fingerprint density at radius 3 is 2.42 bits per heavy atom. The number of ether oxygens (including phenoxy) is 1. The molecule has 0 aliphatic carbocycles. The van der Waals surface area contributed by atoms with E-state index in [0.717, 1.165) is 0 Å². The van der Waals surface area contributed by atoms with Crippen LogP contribution in [0.25, 0.3) is 11.4 Å². The predicted molar refractivity (Wildman–Crippen MR) is 90.5 cm³/mol. The summed E-state index contributed by atoms with van der Waals surface area (Å²) in [7, 11) is 0. The third-order valence-corrected chi connectivity index (χ3v) is 3.56. The summed E-state index contributed by atoms with van der Waals surface area (Å²) in [5.74, 6) is 3.13. The van der Waals surface area contributed by atoms with Gasteiger partial charge in [-0.1, -0.05) is 28.5 Å². The van der Waals surface area contributed by atoms with Crippen LogP contribution in [0, 0.1) is 6.92 Å². The fourth-order valence-electron chi connectivity index (χ4n) is 2.36. The second-order valence-corrected chi connectivity index (χ2v) is 5.52. The first-order valence-corrected chi connectivity index (χ1v) is 8.08. The standard InChI is InChI=1S/C18H15N5O3/c1-12-20-15(25-22-12)9-10-16-21-17(23-26-16)14-8-5-11-19-18(14)24-13-6-3-2-4-7-13/h2-8,11H,9-10H2,1H3. The summed E-state index contributed by atoms with van der Waals surface area (Å²) in [6.07, 6.45) is 2.69. The predicted octanol–water partition coefficient (Wildman–Crippen LogP) is 3.40. The Morgan fingerprint density at radius 1 is 0.885 bits per heavy atom. The highest BCUT2D eigenvalue weighted by Crippen LogP contribution is 2.29. The first-order chi connectivity index (χ1) is 12.8. The number of aromatic nitrogens is 5. The number of benzene rings is 1. The number of hydrogen-bond donors (Lipinski definition) is 0. The van der Waals surface area contributed by atoms with Gasteiger partial charge in [0.2, 0.25) is 23.5 Å². The van der Waals surface area contributed by atoms with Crippen LogP contribution in [-0.2, 0) is 12.8 Å². The summed E-state index contributed by atoms with van der Waals surface area (Å²) in [6, 6.07) is 13.0. The number of nitrogens with zero attached hydrogens (tertiary/aromatic N) is 5. The van der Waals surface area contributed by atoms with Crippen molar-refractivity contribution in [2.45, 2.75) is 19.8 Å². The lowest BCUT2D eigenvalue weighted by Gasteiger charge is -2.06. The van der Waals surface area contributed by atoms with Crippen molar-refractivity contribution in [3.05, 3.63) is 66.3 Å². The fraction of sp³-hybridized carbons (Fsp3) is 0.167.